The van der Waals surface area contributed by atoms with Crippen LogP contribution in [0.15, 0.2) is 30.6 Å². The van der Waals surface area contributed by atoms with E-state index in [4.69, 9.17) is 0 Å². The van der Waals surface area contributed by atoms with Crippen molar-refractivity contribution < 1.29 is 0 Å². The molecule has 0 amide bonds. The Bertz CT molecular complexity index is 530. The molecule has 0 atom stereocenters. The van der Waals surface area contributed by atoms with Gasteiger partial charge in [0.15, 0.2) is 0 Å². The maximum Gasteiger partial charge on any atom is 0.128 e. The summed E-state index contributed by atoms with van der Waals surface area (Å²) in [6.07, 6.45) is 5.95. The number of hydrogen-bond donors (Lipinski definition) is 1. The van der Waals surface area contributed by atoms with Crippen molar-refractivity contribution in [2.24, 2.45) is 7.05 Å². The van der Waals surface area contributed by atoms with E-state index in [9.17, 15) is 0 Å². The zero-order valence-corrected chi connectivity index (χ0v) is 11.7. The molecule has 1 fully saturated rings. The van der Waals surface area contributed by atoms with Gasteiger partial charge in [-0.2, -0.15) is 0 Å². The highest BCUT2D eigenvalue weighted by atomic mass is 15.4. The molecule has 0 bridgehead atoms. The Hall–Kier alpha value is -1.95. The molecule has 1 aliphatic rings. The fourth-order valence-corrected chi connectivity index (χ4v) is 2.57. The molecule has 3 heterocycles. The molecule has 1 N–H and O–H groups in total. The van der Waals surface area contributed by atoms with E-state index < -0.39 is 0 Å². The number of piperidine rings is 1. The zero-order chi connectivity index (χ0) is 13.8. The van der Waals surface area contributed by atoms with Gasteiger partial charge in [0, 0.05) is 38.9 Å². The van der Waals surface area contributed by atoms with E-state index >= 15 is 0 Å². The van der Waals surface area contributed by atoms with Gasteiger partial charge in [0.1, 0.15) is 5.82 Å². The lowest BCUT2D eigenvalue weighted by Crippen LogP contribution is -2.42. The predicted octanol–water partition coefficient (Wildman–Crippen LogP) is 0.969. The van der Waals surface area contributed by atoms with Crippen LogP contribution in [-0.4, -0.2) is 39.1 Å². The van der Waals surface area contributed by atoms with Crippen molar-refractivity contribution in [3.8, 4) is 0 Å². The molecule has 0 aromatic carbocycles. The van der Waals surface area contributed by atoms with Crippen LogP contribution in [0.4, 0.5) is 5.82 Å². The number of rotatable bonds is 4. The molecule has 0 spiro atoms. The molecule has 1 saturated heterocycles. The molecule has 0 unspecified atom stereocenters. The van der Waals surface area contributed by atoms with Crippen molar-refractivity contribution in [2.75, 3.05) is 18.0 Å². The zero-order valence-electron chi connectivity index (χ0n) is 11.7. The van der Waals surface area contributed by atoms with E-state index in [1.807, 2.05) is 36.3 Å². The van der Waals surface area contributed by atoms with E-state index in [1.54, 1.807) is 0 Å². The Morgan fingerprint density at radius 2 is 2.15 bits per heavy atom. The number of nitrogens with one attached hydrogen (secondary N) is 1. The van der Waals surface area contributed by atoms with Crippen LogP contribution in [0.3, 0.4) is 0 Å². The fraction of sp³-hybridized carbons (Fsp3) is 0.500. The van der Waals surface area contributed by atoms with Crippen LogP contribution in [0.1, 0.15) is 18.5 Å². The summed E-state index contributed by atoms with van der Waals surface area (Å²) in [5.74, 6) is 1.08. The van der Waals surface area contributed by atoms with Gasteiger partial charge in [-0.1, -0.05) is 11.3 Å². The summed E-state index contributed by atoms with van der Waals surface area (Å²) in [6.45, 7) is 2.94. The lowest BCUT2D eigenvalue weighted by molar-refractivity contribution is 0.407. The molecule has 6 heteroatoms. The van der Waals surface area contributed by atoms with Gasteiger partial charge >= 0.3 is 0 Å². The molecule has 2 aromatic heterocycles. The molecule has 2 aromatic rings. The van der Waals surface area contributed by atoms with Crippen molar-refractivity contribution in [1.29, 1.82) is 0 Å². The second-order valence-electron chi connectivity index (χ2n) is 5.18. The SMILES string of the molecule is Cn1nncc1CNC1CCN(c2ccccn2)CC1. The highest BCUT2D eigenvalue weighted by Crippen LogP contribution is 2.17. The maximum atomic E-state index is 4.41. The molecule has 0 radical (unpaired) electrons. The Morgan fingerprint density at radius 1 is 1.30 bits per heavy atom. The Morgan fingerprint density at radius 3 is 2.80 bits per heavy atom. The van der Waals surface area contributed by atoms with Gasteiger partial charge in [0.25, 0.3) is 0 Å². The summed E-state index contributed by atoms with van der Waals surface area (Å²) in [4.78, 5) is 6.76. The molecule has 3 rings (SSSR count). The van der Waals surface area contributed by atoms with Crippen molar-refractivity contribution in [2.45, 2.75) is 25.4 Å². The molecule has 6 nitrogen and oxygen atoms in total. The third-order valence-electron chi connectivity index (χ3n) is 3.85. The average molecular weight is 272 g/mol. The largest absolute Gasteiger partial charge is 0.357 e. The highest BCUT2D eigenvalue weighted by molar-refractivity contribution is 5.38. The van der Waals surface area contributed by atoms with Crippen LogP contribution in [0.2, 0.25) is 0 Å². The van der Waals surface area contributed by atoms with Gasteiger partial charge in [-0.3, -0.25) is 4.68 Å². The van der Waals surface area contributed by atoms with Crippen LogP contribution in [-0.2, 0) is 13.6 Å². The number of hydrogen-bond acceptors (Lipinski definition) is 5. The normalized spacial score (nSPS) is 16.6. The molecule has 0 aliphatic carbocycles. The van der Waals surface area contributed by atoms with Crippen molar-refractivity contribution in [3.63, 3.8) is 0 Å². The summed E-state index contributed by atoms with van der Waals surface area (Å²) < 4.78 is 1.82. The fourth-order valence-electron chi connectivity index (χ4n) is 2.57. The first-order valence-electron chi connectivity index (χ1n) is 7.06. The van der Waals surface area contributed by atoms with E-state index in [0.29, 0.717) is 6.04 Å². The van der Waals surface area contributed by atoms with Crippen LogP contribution in [0.25, 0.3) is 0 Å². The Labute approximate surface area is 118 Å². The monoisotopic (exact) mass is 272 g/mol. The molecule has 20 heavy (non-hydrogen) atoms. The van der Waals surface area contributed by atoms with E-state index in [1.165, 1.54) is 0 Å². The highest BCUT2D eigenvalue weighted by Gasteiger charge is 2.19. The number of anilines is 1. The summed E-state index contributed by atoms with van der Waals surface area (Å²) in [5.41, 5.74) is 1.12. The lowest BCUT2D eigenvalue weighted by Gasteiger charge is -2.33. The third-order valence-corrected chi connectivity index (χ3v) is 3.85. The van der Waals surface area contributed by atoms with Crippen LogP contribution < -0.4 is 10.2 Å². The van der Waals surface area contributed by atoms with Crippen molar-refractivity contribution in [3.05, 3.63) is 36.3 Å². The second kappa shape index (κ2) is 6.00. The minimum atomic E-state index is 0.560. The number of aryl methyl sites for hydroxylation is 1. The first kappa shape index (κ1) is 13.1. The van der Waals surface area contributed by atoms with Crippen LogP contribution in [0, 0.1) is 0 Å². The first-order valence-corrected chi connectivity index (χ1v) is 7.06. The number of nitrogens with zero attached hydrogens (tertiary/aromatic N) is 5. The summed E-state index contributed by atoms with van der Waals surface area (Å²) >= 11 is 0. The van der Waals surface area contributed by atoms with Crippen molar-refractivity contribution in [1.82, 2.24) is 25.3 Å². The Balaban J connectivity index is 1.48. The van der Waals surface area contributed by atoms with Gasteiger partial charge in [-0.05, 0) is 25.0 Å². The molecule has 106 valence electrons. The molecule has 1 aliphatic heterocycles. The second-order valence-corrected chi connectivity index (χ2v) is 5.18. The number of pyridine rings is 1. The van der Waals surface area contributed by atoms with E-state index in [0.717, 1.165) is 44.0 Å². The minimum absolute atomic E-state index is 0.560. The summed E-state index contributed by atoms with van der Waals surface area (Å²) in [7, 11) is 1.92. The minimum Gasteiger partial charge on any atom is -0.357 e. The van der Waals surface area contributed by atoms with Crippen LogP contribution >= 0.6 is 0 Å². The third kappa shape index (κ3) is 2.96. The van der Waals surface area contributed by atoms with E-state index in [2.05, 4.69) is 31.6 Å². The van der Waals surface area contributed by atoms with Gasteiger partial charge in [-0.25, -0.2) is 4.98 Å². The average Bonchev–Trinajstić information content (AvgIpc) is 2.92. The van der Waals surface area contributed by atoms with E-state index in [-0.39, 0.29) is 0 Å². The van der Waals surface area contributed by atoms with Gasteiger partial charge in [0.2, 0.25) is 0 Å². The maximum absolute atomic E-state index is 4.41. The Kier molecular flexibility index (Phi) is 3.92. The molecular weight excluding hydrogens is 252 g/mol. The van der Waals surface area contributed by atoms with Gasteiger partial charge in [0.05, 0.1) is 11.9 Å². The topological polar surface area (TPSA) is 58.9 Å². The molecule has 0 saturated carbocycles. The summed E-state index contributed by atoms with van der Waals surface area (Å²) in [5, 5.41) is 11.4. The smallest absolute Gasteiger partial charge is 0.128 e. The quantitative estimate of drug-likeness (QED) is 0.898. The molecular formula is C14H20N6. The van der Waals surface area contributed by atoms with Gasteiger partial charge < -0.3 is 10.2 Å². The standard InChI is InChI=1S/C14H20N6/c1-19-13(11-17-18-19)10-16-12-5-8-20(9-6-12)14-4-2-3-7-15-14/h2-4,7,11-12,16H,5-6,8-10H2,1H3. The van der Waals surface area contributed by atoms with Crippen molar-refractivity contribution >= 4 is 5.82 Å². The van der Waals surface area contributed by atoms with Gasteiger partial charge in [-0.15, -0.1) is 5.10 Å². The lowest BCUT2D eigenvalue weighted by atomic mass is 10.0. The predicted molar refractivity (Wildman–Crippen MR) is 77.3 cm³/mol. The summed E-state index contributed by atoms with van der Waals surface area (Å²) in [6, 6.07) is 6.64. The first-order chi connectivity index (χ1) is 9.83. The van der Waals surface area contributed by atoms with Crippen LogP contribution in [0.5, 0.6) is 0 Å². The number of aromatic nitrogens is 4.